The Morgan fingerprint density at radius 1 is 0.778 bits per heavy atom. The number of rotatable bonds is 3. The summed E-state index contributed by atoms with van der Waals surface area (Å²) in [5.74, 6) is 0. The van der Waals surface area contributed by atoms with Gasteiger partial charge in [0.2, 0.25) is 0 Å². The van der Waals surface area contributed by atoms with Crippen molar-refractivity contribution in [2.45, 2.75) is 39.8 Å². The summed E-state index contributed by atoms with van der Waals surface area (Å²) in [6.07, 6.45) is 0. The van der Waals surface area contributed by atoms with Crippen molar-refractivity contribution in [3.05, 3.63) is 54.6 Å². The third-order valence-electron chi connectivity index (χ3n) is 2.61. The van der Waals surface area contributed by atoms with Crippen LogP contribution in [0.4, 0.5) is 5.69 Å². The van der Waals surface area contributed by atoms with Crippen molar-refractivity contribution in [2.75, 3.05) is 4.90 Å². The van der Waals surface area contributed by atoms with Gasteiger partial charge in [-0.2, -0.15) is 12.1 Å². The molecule has 2 aromatic carbocycles. The molecule has 2 aromatic rings. The predicted molar refractivity (Wildman–Crippen MR) is 76.8 cm³/mol. The molecule has 0 aromatic heterocycles. The van der Waals surface area contributed by atoms with Gasteiger partial charge in [0.15, 0.2) is 0 Å². The van der Waals surface area contributed by atoms with Crippen LogP contribution in [0.1, 0.15) is 27.7 Å². The molecule has 0 saturated heterocycles. The van der Waals surface area contributed by atoms with E-state index in [4.69, 9.17) is 0 Å². The molecule has 0 bridgehead atoms. The Labute approximate surface area is 124 Å². The molecule has 2 rings (SSSR count). The molecule has 0 fully saturated rings. The Bertz CT molecular complexity index is 335. The van der Waals surface area contributed by atoms with Crippen LogP contribution in [0.2, 0.25) is 0 Å². The largest absolute Gasteiger partial charge is 0.748 e. The van der Waals surface area contributed by atoms with Gasteiger partial charge in [0.25, 0.3) is 0 Å². The van der Waals surface area contributed by atoms with Crippen LogP contribution < -0.4 is 4.90 Å². The first-order chi connectivity index (χ1) is 8.13. The van der Waals surface area contributed by atoms with Crippen molar-refractivity contribution in [3.63, 3.8) is 0 Å². The number of hydrogen-bond acceptors (Lipinski definition) is 1. The molecule has 0 N–H and O–H groups in total. The van der Waals surface area contributed by atoms with E-state index in [2.05, 4.69) is 56.9 Å². The van der Waals surface area contributed by atoms with Crippen LogP contribution in [0.15, 0.2) is 54.6 Å². The van der Waals surface area contributed by atoms with Gasteiger partial charge in [-0.25, -0.2) is 12.1 Å². The van der Waals surface area contributed by atoms with Crippen molar-refractivity contribution >= 4 is 5.69 Å². The van der Waals surface area contributed by atoms with Gasteiger partial charge in [0, 0.05) is 31.6 Å². The molecule has 0 spiro atoms. The maximum Gasteiger partial charge on any atom is 0.0120 e. The molecular weight excluding hydrogens is 307 g/mol. The zero-order chi connectivity index (χ0) is 12.7. The summed E-state index contributed by atoms with van der Waals surface area (Å²) in [6, 6.07) is 19.7. The van der Waals surface area contributed by atoms with E-state index in [1.54, 1.807) is 0 Å². The van der Waals surface area contributed by atoms with Crippen LogP contribution >= 0.6 is 0 Å². The van der Waals surface area contributed by atoms with Crippen molar-refractivity contribution in [1.82, 2.24) is 0 Å². The van der Waals surface area contributed by atoms with E-state index in [-0.39, 0.29) is 19.5 Å². The molecule has 0 atom stereocenters. The summed E-state index contributed by atoms with van der Waals surface area (Å²) >= 11 is 0. The molecular formula is C16H23NRu-6. The fourth-order valence-electron chi connectivity index (χ4n) is 2.05. The summed E-state index contributed by atoms with van der Waals surface area (Å²) in [5.41, 5.74) is 1.33. The fourth-order valence-corrected chi connectivity index (χ4v) is 2.05. The summed E-state index contributed by atoms with van der Waals surface area (Å²) in [7, 11) is 0. The average Bonchev–Trinajstić information content (AvgIpc) is 2.91. The number of anilines is 1. The van der Waals surface area contributed by atoms with Crippen molar-refractivity contribution in [2.24, 2.45) is 0 Å². The third-order valence-corrected chi connectivity index (χ3v) is 2.61. The van der Waals surface area contributed by atoms with Crippen LogP contribution in [-0.4, -0.2) is 12.1 Å². The van der Waals surface area contributed by atoms with Crippen molar-refractivity contribution in [1.29, 1.82) is 0 Å². The van der Waals surface area contributed by atoms with E-state index in [0.29, 0.717) is 12.1 Å². The summed E-state index contributed by atoms with van der Waals surface area (Å²) in [5, 5.41) is 0. The van der Waals surface area contributed by atoms with Crippen molar-refractivity contribution in [3.8, 4) is 0 Å². The zero-order valence-corrected chi connectivity index (χ0v) is 13.4. The second kappa shape index (κ2) is 9.11. The molecule has 0 radical (unpaired) electrons. The van der Waals surface area contributed by atoms with Crippen LogP contribution in [0, 0.1) is 0 Å². The van der Waals surface area contributed by atoms with Gasteiger partial charge in [0.05, 0.1) is 0 Å². The van der Waals surface area contributed by atoms with E-state index < -0.39 is 0 Å². The van der Waals surface area contributed by atoms with Crippen molar-refractivity contribution < 1.29 is 19.5 Å². The first-order valence-corrected chi connectivity index (χ1v) is 6.29. The molecule has 0 aliphatic rings. The minimum atomic E-state index is 0. The van der Waals surface area contributed by atoms with Gasteiger partial charge >= 0.3 is 0 Å². The predicted octanol–water partition coefficient (Wildman–Crippen LogP) is 4.43. The smallest absolute Gasteiger partial charge is 0.0120 e. The first-order valence-electron chi connectivity index (χ1n) is 6.29. The number of hydrogen-bond donors (Lipinski definition) is 0. The van der Waals surface area contributed by atoms with Gasteiger partial charge in [0.1, 0.15) is 0 Å². The Kier molecular flexibility index (Phi) is 8.66. The van der Waals surface area contributed by atoms with E-state index in [1.165, 1.54) is 5.69 Å². The Hall–Kier alpha value is -0.877. The summed E-state index contributed by atoms with van der Waals surface area (Å²) in [6.45, 7) is 8.92. The molecule has 18 heavy (non-hydrogen) atoms. The molecule has 2 heteroatoms. The second-order valence-corrected chi connectivity index (χ2v) is 4.70. The van der Waals surface area contributed by atoms with Crippen LogP contribution in [0.3, 0.4) is 0 Å². The maximum absolute atomic E-state index is 2.42. The Morgan fingerprint density at radius 2 is 1.11 bits per heavy atom. The SMILES string of the molecule is CC(C)N([c-]1cccc1)C(C)C.[Ru].[cH-]1[cH-][cH-][cH-][cH-]1. The third kappa shape index (κ3) is 5.64. The van der Waals surface area contributed by atoms with Gasteiger partial charge in [-0.15, -0.1) is 0 Å². The molecule has 0 amide bonds. The zero-order valence-electron chi connectivity index (χ0n) is 11.7. The molecule has 0 aliphatic carbocycles. The van der Waals surface area contributed by atoms with E-state index in [1.807, 2.05) is 30.3 Å². The molecule has 0 unspecified atom stereocenters. The normalized spacial score (nSPS) is 9.67. The molecule has 106 valence electrons. The molecule has 0 saturated carbocycles. The van der Waals surface area contributed by atoms with E-state index >= 15 is 0 Å². The van der Waals surface area contributed by atoms with Gasteiger partial charge in [-0.05, 0) is 27.7 Å². The van der Waals surface area contributed by atoms with E-state index in [0.717, 1.165) is 0 Å². The number of nitrogens with zero attached hydrogens (tertiary/aromatic N) is 1. The Morgan fingerprint density at radius 3 is 1.39 bits per heavy atom. The summed E-state index contributed by atoms with van der Waals surface area (Å²) < 4.78 is 0. The van der Waals surface area contributed by atoms with Gasteiger partial charge < -0.3 is 35.2 Å². The Balaban J connectivity index is 0.000000405. The molecule has 0 aliphatic heterocycles. The standard InChI is InChI=1S/C11H18N.C5H5.Ru/c1-9(2)12(10(3)4)11-7-5-6-8-11;1-2-4-5-3-1;/h5-10H,1-4H3;1-5H;/q-1;-5;. The second-order valence-electron chi connectivity index (χ2n) is 4.70. The van der Waals surface area contributed by atoms with Crippen LogP contribution in [0.5, 0.6) is 0 Å². The van der Waals surface area contributed by atoms with Crippen LogP contribution in [-0.2, 0) is 19.5 Å². The fraction of sp³-hybridized carbons (Fsp3) is 0.375. The average molecular weight is 330 g/mol. The van der Waals surface area contributed by atoms with Crippen LogP contribution in [0.25, 0.3) is 0 Å². The minimum absolute atomic E-state index is 0. The first kappa shape index (κ1) is 17.1. The van der Waals surface area contributed by atoms with E-state index in [9.17, 15) is 0 Å². The van der Waals surface area contributed by atoms with Gasteiger partial charge in [-0.3, -0.25) is 0 Å². The molecule has 1 nitrogen and oxygen atoms in total. The maximum atomic E-state index is 2.42. The van der Waals surface area contributed by atoms with Gasteiger partial charge in [-0.1, -0.05) is 5.69 Å². The monoisotopic (exact) mass is 331 g/mol. The molecule has 0 heterocycles. The minimum Gasteiger partial charge on any atom is -0.748 e. The quantitative estimate of drug-likeness (QED) is 0.594. The topological polar surface area (TPSA) is 3.24 Å². The summed E-state index contributed by atoms with van der Waals surface area (Å²) in [4.78, 5) is 2.42.